The fourth-order valence-electron chi connectivity index (χ4n) is 2.00. The van der Waals surface area contributed by atoms with E-state index >= 15 is 0 Å². The topological polar surface area (TPSA) is 65.3 Å². The van der Waals surface area contributed by atoms with Crippen molar-refractivity contribution in [2.45, 2.75) is 0 Å². The maximum absolute atomic E-state index is 11.1. The highest BCUT2D eigenvalue weighted by Crippen LogP contribution is 2.35. The predicted molar refractivity (Wildman–Crippen MR) is 79.9 cm³/mol. The smallest absolute Gasteiger partial charge is 0.313 e. The van der Waals surface area contributed by atoms with Gasteiger partial charge in [0.1, 0.15) is 5.52 Å². The number of nitro benzene ring substituents is 1. The number of rotatable bonds is 3. The molecule has 21 heavy (non-hydrogen) atoms. The molecule has 0 radical (unpaired) electrons. The molecule has 0 N–H and O–H groups in total. The lowest BCUT2D eigenvalue weighted by atomic mass is 10.2. The first-order valence-corrected chi connectivity index (χ1v) is 6.48. The first kappa shape index (κ1) is 13.3. The van der Waals surface area contributed by atoms with E-state index in [1.165, 1.54) is 12.1 Å². The highest BCUT2D eigenvalue weighted by Gasteiger charge is 2.17. The van der Waals surface area contributed by atoms with E-state index in [1.807, 2.05) is 18.2 Å². The van der Waals surface area contributed by atoms with Gasteiger partial charge in [0.15, 0.2) is 5.75 Å². The first-order valence-electron chi connectivity index (χ1n) is 6.11. The Balaban J connectivity index is 2.09. The molecular weight excluding hydrogens is 292 g/mol. The highest BCUT2D eigenvalue weighted by molar-refractivity contribution is 6.30. The normalized spacial score (nSPS) is 10.5. The number of nitro groups is 1. The van der Waals surface area contributed by atoms with Gasteiger partial charge in [-0.1, -0.05) is 29.8 Å². The molecular formula is C15H9ClN2O3. The monoisotopic (exact) mass is 300 g/mol. The third-order valence-electron chi connectivity index (χ3n) is 2.93. The minimum absolute atomic E-state index is 0.127. The van der Waals surface area contributed by atoms with Crippen molar-refractivity contribution >= 4 is 28.2 Å². The molecule has 0 atom stereocenters. The summed E-state index contributed by atoms with van der Waals surface area (Å²) in [5, 5.41) is 12.3. The highest BCUT2D eigenvalue weighted by atomic mass is 35.5. The number of nitrogens with zero attached hydrogens (tertiary/aromatic N) is 2. The van der Waals surface area contributed by atoms with Crippen LogP contribution in [0.15, 0.2) is 54.7 Å². The molecule has 0 fully saturated rings. The number of para-hydroxylation sites is 1. The average Bonchev–Trinajstić information content (AvgIpc) is 2.49. The zero-order chi connectivity index (χ0) is 14.8. The molecule has 1 aromatic heterocycles. The van der Waals surface area contributed by atoms with Gasteiger partial charge in [-0.25, -0.2) is 0 Å². The van der Waals surface area contributed by atoms with Gasteiger partial charge in [0.25, 0.3) is 0 Å². The lowest BCUT2D eigenvalue weighted by molar-refractivity contribution is -0.385. The molecule has 3 rings (SSSR count). The quantitative estimate of drug-likeness (QED) is 0.524. The van der Waals surface area contributed by atoms with E-state index in [0.717, 1.165) is 5.39 Å². The van der Waals surface area contributed by atoms with Crippen LogP contribution in [0.25, 0.3) is 10.9 Å². The zero-order valence-corrected chi connectivity index (χ0v) is 11.4. The van der Waals surface area contributed by atoms with Crippen molar-refractivity contribution in [1.82, 2.24) is 4.98 Å². The van der Waals surface area contributed by atoms with Crippen LogP contribution in [0.5, 0.6) is 11.5 Å². The van der Waals surface area contributed by atoms with E-state index < -0.39 is 4.92 Å². The fourth-order valence-corrected chi connectivity index (χ4v) is 2.16. The van der Waals surface area contributed by atoms with Crippen LogP contribution in [0.3, 0.4) is 0 Å². The van der Waals surface area contributed by atoms with Gasteiger partial charge in [-0.15, -0.1) is 0 Å². The maximum atomic E-state index is 11.1. The van der Waals surface area contributed by atoms with Crippen LogP contribution in [0.2, 0.25) is 5.02 Å². The molecule has 0 aliphatic rings. The molecule has 1 heterocycles. The van der Waals surface area contributed by atoms with E-state index in [9.17, 15) is 10.1 Å². The van der Waals surface area contributed by atoms with Gasteiger partial charge in [0, 0.05) is 22.7 Å². The Morgan fingerprint density at radius 2 is 1.90 bits per heavy atom. The summed E-state index contributed by atoms with van der Waals surface area (Å²) in [5.41, 5.74) is 0.458. The van der Waals surface area contributed by atoms with Crippen molar-refractivity contribution in [1.29, 1.82) is 0 Å². The number of halogens is 1. The van der Waals surface area contributed by atoms with Crippen LogP contribution >= 0.6 is 11.6 Å². The van der Waals surface area contributed by atoms with Crippen molar-refractivity contribution in [3.63, 3.8) is 0 Å². The Hall–Kier alpha value is -2.66. The lowest BCUT2D eigenvalue weighted by Crippen LogP contribution is -1.94. The van der Waals surface area contributed by atoms with Crippen LogP contribution in [0.4, 0.5) is 5.69 Å². The second-order valence-electron chi connectivity index (χ2n) is 4.30. The largest absolute Gasteiger partial charge is 0.448 e. The Labute approximate surface area is 124 Å². The standard InChI is InChI=1S/C15H9ClN2O3/c16-11-6-7-13(12(9-11)18(19)20)21-14-5-1-3-10-4-2-8-17-15(10)14/h1-9H. The van der Waals surface area contributed by atoms with Gasteiger partial charge < -0.3 is 4.74 Å². The molecule has 0 saturated carbocycles. The number of pyridine rings is 1. The molecule has 0 saturated heterocycles. The van der Waals surface area contributed by atoms with Crippen LogP contribution in [0.1, 0.15) is 0 Å². The number of ether oxygens (including phenoxy) is 1. The van der Waals surface area contributed by atoms with Crippen LogP contribution in [-0.4, -0.2) is 9.91 Å². The maximum Gasteiger partial charge on any atom is 0.313 e. The van der Waals surface area contributed by atoms with Crippen LogP contribution in [-0.2, 0) is 0 Å². The Bertz CT molecular complexity index is 831. The molecule has 3 aromatic rings. The van der Waals surface area contributed by atoms with E-state index in [0.29, 0.717) is 11.3 Å². The summed E-state index contributed by atoms with van der Waals surface area (Å²) < 4.78 is 5.68. The van der Waals surface area contributed by atoms with Crippen molar-refractivity contribution in [2.24, 2.45) is 0 Å². The van der Waals surface area contributed by atoms with Crippen molar-refractivity contribution in [3.8, 4) is 11.5 Å². The average molecular weight is 301 g/mol. The Morgan fingerprint density at radius 3 is 2.71 bits per heavy atom. The van der Waals surface area contributed by atoms with Crippen molar-refractivity contribution < 1.29 is 9.66 Å². The first-order chi connectivity index (χ1) is 10.1. The summed E-state index contributed by atoms with van der Waals surface area (Å²) in [6.07, 6.45) is 1.64. The molecule has 104 valence electrons. The summed E-state index contributed by atoms with van der Waals surface area (Å²) in [6.45, 7) is 0. The Kier molecular flexibility index (Phi) is 3.41. The second kappa shape index (κ2) is 5.38. The second-order valence-corrected chi connectivity index (χ2v) is 4.74. The van der Waals surface area contributed by atoms with Gasteiger partial charge in [-0.05, 0) is 24.3 Å². The number of aromatic nitrogens is 1. The van der Waals surface area contributed by atoms with Crippen molar-refractivity contribution in [2.75, 3.05) is 0 Å². The van der Waals surface area contributed by atoms with Gasteiger partial charge in [0.2, 0.25) is 5.75 Å². The predicted octanol–water partition coefficient (Wildman–Crippen LogP) is 4.59. The molecule has 0 aliphatic heterocycles. The third kappa shape index (κ3) is 2.64. The number of hydrogen-bond donors (Lipinski definition) is 0. The molecule has 5 nitrogen and oxygen atoms in total. The van der Waals surface area contributed by atoms with E-state index in [1.54, 1.807) is 24.4 Å². The molecule has 6 heteroatoms. The van der Waals surface area contributed by atoms with Gasteiger partial charge in [0.05, 0.1) is 4.92 Å². The molecule has 0 aliphatic carbocycles. The van der Waals surface area contributed by atoms with Crippen LogP contribution < -0.4 is 4.74 Å². The van der Waals surface area contributed by atoms with E-state index in [4.69, 9.17) is 16.3 Å². The minimum Gasteiger partial charge on any atom is -0.448 e. The SMILES string of the molecule is O=[N+]([O-])c1cc(Cl)ccc1Oc1cccc2cccnc12. The summed E-state index contributed by atoms with van der Waals surface area (Å²) in [7, 11) is 0. The molecule has 2 aromatic carbocycles. The summed E-state index contributed by atoms with van der Waals surface area (Å²) in [6, 6.07) is 13.4. The molecule has 0 spiro atoms. The summed E-state index contributed by atoms with van der Waals surface area (Å²) in [5.74, 6) is 0.584. The van der Waals surface area contributed by atoms with Gasteiger partial charge >= 0.3 is 5.69 Å². The molecule has 0 bridgehead atoms. The van der Waals surface area contributed by atoms with Gasteiger partial charge in [-0.3, -0.25) is 15.1 Å². The Morgan fingerprint density at radius 1 is 1.10 bits per heavy atom. The molecule has 0 amide bonds. The van der Waals surface area contributed by atoms with E-state index in [-0.39, 0.29) is 16.5 Å². The third-order valence-corrected chi connectivity index (χ3v) is 3.17. The number of fused-ring (bicyclic) bond motifs is 1. The fraction of sp³-hybridized carbons (Fsp3) is 0. The summed E-state index contributed by atoms with van der Waals surface area (Å²) in [4.78, 5) is 14.8. The van der Waals surface area contributed by atoms with Gasteiger partial charge in [-0.2, -0.15) is 0 Å². The lowest BCUT2D eigenvalue weighted by Gasteiger charge is -2.08. The summed E-state index contributed by atoms with van der Waals surface area (Å²) >= 11 is 5.79. The number of benzene rings is 2. The van der Waals surface area contributed by atoms with Crippen LogP contribution in [0, 0.1) is 10.1 Å². The van der Waals surface area contributed by atoms with Crippen molar-refractivity contribution in [3.05, 3.63) is 69.9 Å². The number of hydrogen-bond acceptors (Lipinski definition) is 4. The molecule has 0 unspecified atom stereocenters. The van der Waals surface area contributed by atoms with E-state index in [2.05, 4.69) is 4.98 Å². The minimum atomic E-state index is -0.528. The zero-order valence-electron chi connectivity index (χ0n) is 10.7.